The number of nitrogens with one attached hydrogen (secondary N) is 2. The third-order valence-electron chi connectivity index (χ3n) is 4.17. The molecule has 0 aliphatic carbocycles. The average molecular weight is 382 g/mol. The molecule has 140 valence electrons. The van der Waals surface area contributed by atoms with Gasteiger partial charge in [0.05, 0.1) is 11.1 Å². The number of amides is 2. The van der Waals surface area contributed by atoms with Crippen LogP contribution in [0.4, 0.5) is 5.69 Å². The van der Waals surface area contributed by atoms with E-state index < -0.39 is 0 Å². The number of thiophene rings is 1. The number of benzene rings is 1. The minimum Gasteiger partial charge on any atom is -0.459 e. The van der Waals surface area contributed by atoms with Crippen LogP contribution in [-0.4, -0.2) is 11.8 Å². The molecule has 6 heteroatoms. The first-order chi connectivity index (χ1) is 13.1. The molecule has 0 saturated heterocycles. The highest BCUT2D eigenvalue weighted by atomic mass is 32.1. The van der Waals surface area contributed by atoms with Crippen molar-refractivity contribution in [2.45, 2.75) is 33.2 Å². The van der Waals surface area contributed by atoms with Crippen LogP contribution in [0.15, 0.2) is 53.1 Å². The molecule has 3 rings (SSSR count). The molecule has 0 radical (unpaired) electrons. The molecule has 3 aromatic rings. The Bertz CT molecular complexity index is 912. The lowest BCUT2D eigenvalue weighted by Crippen LogP contribution is -2.21. The number of anilines is 1. The molecular formula is C21H22N2O3S. The quantitative estimate of drug-likeness (QED) is 0.617. The van der Waals surface area contributed by atoms with Crippen molar-refractivity contribution in [1.29, 1.82) is 0 Å². The molecule has 0 spiro atoms. The lowest BCUT2D eigenvalue weighted by Gasteiger charge is -2.06. The first-order valence-corrected chi connectivity index (χ1v) is 9.69. The first-order valence-electron chi connectivity index (χ1n) is 8.88. The second-order valence-corrected chi connectivity index (χ2v) is 7.51. The van der Waals surface area contributed by atoms with Crippen molar-refractivity contribution in [2.75, 3.05) is 5.32 Å². The van der Waals surface area contributed by atoms with Gasteiger partial charge in [-0.3, -0.25) is 9.59 Å². The van der Waals surface area contributed by atoms with Gasteiger partial charge in [0.25, 0.3) is 11.8 Å². The number of rotatable bonds is 7. The van der Waals surface area contributed by atoms with Crippen LogP contribution in [0.2, 0.25) is 0 Å². The molecule has 2 heterocycles. The summed E-state index contributed by atoms with van der Waals surface area (Å²) in [5.74, 6) is -0.0855. The van der Waals surface area contributed by atoms with Crippen molar-refractivity contribution < 1.29 is 14.0 Å². The number of furan rings is 1. The van der Waals surface area contributed by atoms with Crippen LogP contribution in [0.25, 0.3) is 0 Å². The topological polar surface area (TPSA) is 71.3 Å². The van der Waals surface area contributed by atoms with Crippen LogP contribution in [0.5, 0.6) is 0 Å². The largest absolute Gasteiger partial charge is 0.459 e. The summed E-state index contributed by atoms with van der Waals surface area (Å²) in [5.41, 5.74) is 2.88. The van der Waals surface area contributed by atoms with E-state index in [2.05, 4.69) is 24.5 Å². The Labute approximate surface area is 162 Å². The standard InChI is InChI=1S/C21H22N2O3S/c1-3-5-16-12-19(27-14(16)2)21(25)22-13-15-7-9-17(10-8-15)23-20(24)18-6-4-11-26-18/h4,6-12H,3,5,13H2,1-2H3,(H,22,25)(H,23,24). The summed E-state index contributed by atoms with van der Waals surface area (Å²) in [6.45, 7) is 4.63. The van der Waals surface area contributed by atoms with E-state index in [0.717, 1.165) is 23.3 Å². The summed E-state index contributed by atoms with van der Waals surface area (Å²) in [6.07, 6.45) is 3.53. The van der Waals surface area contributed by atoms with Gasteiger partial charge in [-0.25, -0.2) is 0 Å². The second kappa shape index (κ2) is 8.68. The second-order valence-electron chi connectivity index (χ2n) is 6.25. The minimum absolute atomic E-state index is 0.0550. The molecule has 2 N–H and O–H groups in total. The summed E-state index contributed by atoms with van der Waals surface area (Å²) in [4.78, 5) is 26.3. The van der Waals surface area contributed by atoms with Crippen LogP contribution >= 0.6 is 11.3 Å². The Morgan fingerprint density at radius 2 is 1.89 bits per heavy atom. The molecule has 5 nitrogen and oxygen atoms in total. The van der Waals surface area contributed by atoms with Crippen molar-refractivity contribution in [3.8, 4) is 0 Å². The van der Waals surface area contributed by atoms with Gasteiger partial charge >= 0.3 is 0 Å². The van der Waals surface area contributed by atoms with Gasteiger partial charge in [0.2, 0.25) is 0 Å². The molecule has 2 aromatic heterocycles. The van der Waals surface area contributed by atoms with Gasteiger partial charge in [0, 0.05) is 17.1 Å². The Hall–Kier alpha value is -2.86. The maximum absolute atomic E-state index is 12.4. The van der Waals surface area contributed by atoms with Crippen molar-refractivity contribution in [1.82, 2.24) is 5.32 Å². The van der Waals surface area contributed by atoms with Crippen molar-refractivity contribution in [2.24, 2.45) is 0 Å². The van der Waals surface area contributed by atoms with Gasteiger partial charge in [0.1, 0.15) is 0 Å². The zero-order valence-corrected chi connectivity index (χ0v) is 16.2. The van der Waals surface area contributed by atoms with Crippen molar-refractivity contribution >= 4 is 28.8 Å². The van der Waals surface area contributed by atoms with E-state index in [4.69, 9.17) is 4.42 Å². The number of aryl methyl sites for hydroxylation is 2. The van der Waals surface area contributed by atoms with E-state index in [9.17, 15) is 9.59 Å². The molecule has 0 unspecified atom stereocenters. The van der Waals surface area contributed by atoms with E-state index in [1.54, 1.807) is 24.3 Å². The Morgan fingerprint density at radius 3 is 2.56 bits per heavy atom. The summed E-state index contributed by atoms with van der Waals surface area (Å²) in [6, 6.07) is 12.6. The van der Waals surface area contributed by atoms with Gasteiger partial charge in [-0.05, 0) is 54.8 Å². The van der Waals surface area contributed by atoms with E-state index >= 15 is 0 Å². The molecule has 0 aliphatic rings. The fourth-order valence-corrected chi connectivity index (χ4v) is 3.71. The smallest absolute Gasteiger partial charge is 0.291 e. The summed E-state index contributed by atoms with van der Waals surface area (Å²) in [7, 11) is 0. The maximum Gasteiger partial charge on any atom is 0.291 e. The van der Waals surface area contributed by atoms with Crippen LogP contribution in [-0.2, 0) is 13.0 Å². The number of hydrogen-bond acceptors (Lipinski definition) is 4. The summed E-state index contributed by atoms with van der Waals surface area (Å²) >= 11 is 1.54. The Kier molecular flexibility index (Phi) is 6.08. The molecule has 0 atom stereocenters. The third kappa shape index (κ3) is 4.86. The van der Waals surface area contributed by atoms with Gasteiger partial charge in [-0.15, -0.1) is 11.3 Å². The average Bonchev–Trinajstić information content (AvgIpc) is 3.32. The molecule has 2 amide bonds. The highest BCUT2D eigenvalue weighted by Gasteiger charge is 2.12. The molecule has 0 fully saturated rings. The first kappa shape index (κ1) is 18.9. The Morgan fingerprint density at radius 1 is 1.11 bits per heavy atom. The van der Waals surface area contributed by atoms with E-state index in [-0.39, 0.29) is 17.6 Å². The van der Waals surface area contributed by atoms with Crippen molar-refractivity contribution in [3.63, 3.8) is 0 Å². The predicted molar refractivity (Wildman–Crippen MR) is 107 cm³/mol. The Balaban J connectivity index is 1.54. The lowest BCUT2D eigenvalue weighted by molar-refractivity contribution is 0.0953. The van der Waals surface area contributed by atoms with Gasteiger partial charge in [0.15, 0.2) is 5.76 Å². The number of carbonyl (C=O) groups is 2. The molecule has 0 aliphatic heterocycles. The van der Waals surface area contributed by atoms with E-state index in [1.165, 1.54) is 28.0 Å². The van der Waals surface area contributed by atoms with E-state index in [1.807, 2.05) is 18.2 Å². The molecule has 27 heavy (non-hydrogen) atoms. The zero-order valence-electron chi connectivity index (χ0n) is 15.4. The lowest BCUT2D eigenvalue weighted by atomic mass is 10.1. The van der Waals surface area contributed by atoms with Crippen LogP contribution in [0.3, 0.4) is 0 Å². The van der Waals surface area contributed by atoms with Crippen LogP contribution in [0.1, 0.15) is 49.6 Å². The van der Waals surface area contributed by atoms with Gasteiger partial charge < -0.3 is 15.1 Å². The van der Waals surface area contributed by atoms with Crippen molar-refractivity contribution in [3.05, 3.63) is 75.4 Å². The number of hydrogen-bond donors (Lipinski definition) is 2. The third-order valence-corrected chi connectivity index (χ3v) is 5.27. The molecule has 0 saturated carbocycles. The molecule has 1 aromatic carbocycles. The SMILES string of the molecule is CCCc1cc(C(=O)NCc2ccc(NC(=O)c3ccco3)cc2)sc1C. The minimum atomic E-state index is -0.294. The highest BCUT2D eigenvalue weighted by Crippen LogP contribution is 2.23. The van der Waals surface area contributed by atoms with Crippen LogP contribution in [0, 0.1) is 6.92 Å². The molecular weight excluding hydrogens is 360 g/mol. The summed E-state index contributed by atoms with van der Waals surface area (Å²) in [5, 5.41) is 5.71. The molecule has 0 bridgehead atoms. The fraction of sp³-hybridized carbons (Fsp3) is 0.238. The fourth-order valence-electron chi connectivity index (χ4n) is 2.73. The van der Waals surface area contributed by atoms with Crippen LogP contribution < -0.4 is 10.6 Å². The van der Waals surface area contributed by atoms with Gasteiger partial charge in [-0.2, -0.15) is 0 Å². The van der Waals surface area contributed by atoms with Gasteiger partial charge in [-0.1, -0.05) is 25.5 Å². The highest BCUT2D eigenvalue weighted by molar-refractivity contribution is 7.14. The van der Waals surface area contributed by atoms with E-state index in [0.29, 0.717) is 12.2 Å². The number of carbonyl (C=O) groups excluding carboxylic acids is 2. The monoisotopic (exact) mass is 382 g/mol. The predicted octanol–water partition coefficient (Wildman–Crippen LogP) is 4.78. The zero-order chi connectivity index (χ0) is 19.2. The normalized spacial score (nSPS) is 10.6. The maximum atomic E-state index is 12.4. The summed E-state index contributed by atoms with van der Waals surface area (Å²) < 4.78 is 5.06.